The third-order valence-electron chi connectivity index (χ3n) is 4.04. The molecule has 1 amide bonds. The van der Waals surface area contributed by atoms with E-state index in [1.165, 1.54) is 0 Å². The lowest BCUT2D eigenvalue weighted by atomic mass is 9.86. The van der Waals surface area contributed by atoms with Crippen molar-refractivity contribution >= 4 is 11.6 Å². The Bertz CT molecular complexity index is 522. The van der Waals surface area contributed by atoms with Crippen molar-refractivity contribution in [3.8, 4) is 6.07 Å². The van der Waals surface area contributed by atoms with Crippen LogP contribution in [0.5, 0.6) is 0 Å². The van der Waals surface area contributed by atoms with Crippen molar-refractivity contribution < 1.29 is 4.79 Å². The molecule has 0 aliphatic carbocycles. The number of anilines is 1. The molecule has 0 saturated carbocycles. The number of carbonyl (C=O) groups excluding carboxylic acids is 1. The second-order valence-electron chi connectivity index (χ2n) is 6.28. The number of hydrogen-bond donors (Lipinski definition) is 2. The summed E-state index contributed by atoms with van der Waals surface area (Å²) in [5, 5.41) is 15.4. The Morgan fingerprint density at radius 1 is 1.43 bits per heavy atom. The van der Waals surface area contributed by atoms with Gasteiger partial charge >= 0.3 is 0 Å². The number of carbonyl (C=O) groups is 1. The maximum atomic E-state index is 12.0. The summed E-state index contributed by atoms with van der Waals surface area (Å²) in [5.41, 5.74) is 1.25. The number of benzene rings is 1. The van der Waals surface area contributed by atoms with Gasteiger partial charge in [-0.05, 0) is 63.4 Å². The Hall–Kier alpha value is -1.86. The van der Waals surface area contributed by atoms with Gasteiger partial charge in [-0.3, -0.25) is 4.79 Å². The highest BCUT2D eigenvalue weighted by Gasteiger charge is 2.20. The first kappa shape index (κ1) is 15.5. The number of hydrogen-bond acceptors (Lipinski definition) is 3. The summed E-state index contributed by atoms with van der Waals surface area (Å²) < 4.78 is 0. The zero-order valence-corrected chi connectivity index (χ0v) is 12.8. The van der Waals surface area contributed by atoms with Gasteiger partial charge in [-0.2, -0.15) is 5.26 Å². The number of nitriles is 1. The Labute approximate surface area is 126 Å². The predicted molar refractivity (Wildman–Crippen MR) is 83.9 cm³/mol. The van der Waals surface area contributed by atoms with Crippen LogP contribution >= 0.6 is 0 Å². The highest BCUT2D eigenvalue weighted by Crippen LogP contribution is 2.24. The summed E-state index contributed by atoms with van der Waals surface area (Å²) in [6, 6.07) is 9.82. The molecular weight excluding hydrogens is 262 g/mol. The molecule has 1 heterocycles. The molecule has 2 N–H and O–H groups in total. The molecule has 0 spiro atoms. The lowest BCUT2D eigenvalue weighted by Crippen LogP contribution is -2.32. The van der Waals surface area contributed by atoms with Crippen LogP contribution in [-0.4, -0.2) is 19.0 Å². The van der Waals surface area contributed by atoms with Crippen LogP contribution < -0.4 is 10.6 Å². The summed E-state index contributed by atoms with van der Waals surface area (Å²) in [6.07, 6.45) is 2.84. The molecule has 1 aromatic carbocycles. The maximum Gasteiger partial charge on any atom is 0.224 e. The van der Waals surface area contributed by atoms with Crippen LogP contribution in [0.3, 0.4) is 0 Å². The van der Waals surface area contributed by atoms with Crippen molar-refractivity contribution in [2.45, 2.75) is 38.5 Å². The summed E-state index contributed by atoms with van der Waals surface area (Å²) in [4.78, 5) is 12.0. The molecular formula is C17H23N3O. The SMILES string of the molecule is CC(C)(C#N)c1ccc(NC(=O)CC2CCCNC2)cc1. The molecule has 1 atom stereocenters. The average molecular weight is 285 g/mol. The molecule has 1 aromatic rings. The Morgan fingerprint density at radius 3 is 2.71 bits per heavy atom. The standard InChI is InChI=1S/C17H23N3O/c1-17(2,12-18)14-5-7-15(8-6-14)20-16(21)10-13-4-3-9-19-11-13/h5-8,13,19H,3-4,9-11H2,1-2H3,(H,20,21). The molecule has 1 unspecified atom stereocenters. The Balaban J connectivity index is 1.91. The molecule has 4 nitrogen and oxygen atoms in total. The third kappa shape index (κ3) is 4.30. The van der Waals surface area contributed by atoms with Gasteiger partial charge in [0.15, 0.2) is 0 Å². The fraction of sp³-hybridized carbons (Fsp3) is 0.529. The second kappa shape index (κ2) is 6.73. The minimum atomic E-state index is -0.504. The van der Waals surface area contributed by atoms with Gasteiger partial charge < -0.3 is 10.6 Å². The summed E-state index contributed by atoms with van der Waals surface area (Å²) in [6.45, 7) is 5.77. The van der Waals surface area contributed by atoms with Gasteiger partial charge in [-0.1, -0.05) is 12.1 Å². The monoisotopic (exact) mass is 285 g/mol. The van der Waals surface area contributed by atoms with E-state index in [1.54, 1.807) is 0 Å². The summed E-state index contributed by atoms with van der Waals surface area (Å²) in [7, 11) is 0. The smallest absolute Gasteiger partial charge is 0.224 e. The first-order chi connectivity index (χ1) is 10.0. The van der Waals surface area contributed by atoms with Crippen LogP contribution in [0.4, 0.5) is 5.69 Å². The normalized spacial score (nSPS) is 18.8. The zero-order valence-electron chi connectivity index (χ0n) is 12.8. The Kier molecular flexibility index (Phi) is 4.98. The minimum absolute atomic E-state index is 0.0657. The lowest BCUT2D eigenvalue weighted by Gasteiger charge is -2.22. The van der Waals surface area contributed by atoms with Gasteiger partial charge in [-0.25, -0.2) is 0 Å². The molecule has 2 rings (SSSR count). The van der Waals surface area contributed by atoms with E-state index in [-0.39, 0.29) is 5.91 Å². The minimum Gasteiger partial charge on any atom is -0.326 e. The molecule has 0 radical (unpaired) electrons. The van der Waals surface area contributed by atoms with E-state index >= 15 is 0 Å². The van der Waals surface area contributed by atoms with Crippen molar-refractivity contribution in [2.24, 2.45) is 5.92 Å². The first-order valence-corrected chi connectivity index (χ1v) is 7.53. The molecule has 0 bridgehead atoms. The van der Waals surface area contributed by atoms with Crippen LogP contribution in [0.15, 0.2) is 24.3 Å². The molecule has 0 aromatic heterocycles. The van der Waals surface area contributed by atoms with Crippen LogP contribution in [0.25, 0.3) is 0 Å². The van der Waals surface area contributed by atoms with Crippen LogP contribution in [0, 0.1) is 17.2 Å². The lowest BCUT2D eigenvalue weighted by molar-refractivity contribution is -0.117. The quantitative estimate of drug-likeness (QED) is 0.894. The fourth-order valence-corrected chi connectivity index (χ4v) is 2.61. The molecule has 21 heavy (non-hydrogen) atoms. The van der Waals surface area contributed by atoms with E-state index in [2.05, 4.69) is 16.7 Å². The number of nitrogens with one attached hydrogen (secondary N) is 2. The van der Waals surface area contributed by atoms with E-state index in [4.69, 9.17) is 5.26 Å². The third-order valence-corrected chi connectivity index (χ3v) is 4.04. The van der Waals surface area contributed by atoms with Gasteiger partial charge in [0, 0.05) is 12.1 Å². The zero-order chi connectivity index (χ0) is 15.3. The highest BCUT2D eigenvalue weighted by molar-refractivity contribution is 5.90. The van der Waals surface area contributed by atoms with Crippen molar-refractivity contribution in [1.82, 2.24) is 5.32 Å². The molecule has 1 aliphatic heterocycles. The fourth-order valence-electron chi connectivity index (χ4n) is 2.61. The number of nitrogens with zero attached hydrogens (tertiary/aromatic N) is 1. The largest absolute Gasteiger partial charge is 0.326 e. The molecule has 1 saturated heterocycles. The van der Waals surface area contributed by atoms with Crippen molar-refractivity contribution in [1.29, 1.82) is 5.26 Å². The van der Waals surface area contributed by atoms with E-state index in [0.29, 0.717) is 12.3 Å². The Morgan fingerprint density at radius 2 is 2.14 bits per heavy atom. The van der Waals surface area contributed by atoms with Gasteiger partial charge in [0.2, 0.25) is 5.91 Å². The van der Waals surface area contributed by atoms with E-state index in [0.717, 1.165) is 37.2 Å². The van der Waals surface area contributed by atoms with Gasteiger partial charge in [0.25, 0.3) is 0 Å². The highest BCUT2D eigenvalue weighted by atomic mass is 16.1. The van der Waals surface area contributed by atoms with Crippen LogP contribution in [-0.2, 0) is 10.2 Å². The number of amides is 1. The van der Waals surface area contributed by atoms with Crippen molar-refractivity contribution in [3.63, 3.8) is 0 Å². The number of rotatable bonds is 4. The topological polar surface area (TPSA) is 64.9 Å². The van der Waals surface area contributed by atoms with E-state index in [9.17, 15) is 4.79 Å². The molecule has 112 valence electrons. The maximum absolute atomic E-state index is 12.0. The van der Waals surface area contributed by atoms with E-state index in [1.807, 2.05) is 38.1 Å². The van der Waals surface area contributed by atoms with Crippen molar-refractivity contribution in [2.75, 3.05) is 18.4 Å². The van der Waals surface area contributed by atoms with E-state index < -0.39 is 5.41 Å². The molecule has 1 fully saturated rings. The molecule has 1 aliphatic rings. The first-order valence-electron chi connectivity index (χ1n) is 7.53. The second-order valence-corrected chi connectivity index (χ2v) is 6.28. The summed E-state index contributed by atoms with van der Waals surface area (Å²) >= 11 is 0. The number of piperidine rings is 1. The molecule has 4 heteroatoms. The van der Waals surface area contributed by atoms with Crippen LogP contribution in [0.1, 0.15) is 38.7 Å². The average Bonchev–Trinajstić information content (AvgIpc) is 2.48. The summed E-state index contributed by atoms with van der Waals surface area (Å²) in [5.74, 6) is 0.506. The van der Waals surface area contributed by atoms with Gasteiger partial charge in [0.1, 0.15) is 0 Å². The van der Waals surface area contributed by atoms with Gasteiger partial charge in [-0.15, -0.1) is 0 Å². The van der Waals surface area contributed by atoms with Crippen molar-refractivity contribution in [3.05, 3.63) is 29.8 Å². The van der Waals surface area contributed by atoms with Crippen LogP contribution in [0.2, 0.25) is 0 Å². The predicted octanol–water partition coefficient (Wildman–Crippen LogP) is 2.82. The van der Waals surface area contributed by atoms with Gasteiger partial charge in [0.05, 0.1) is 11.5 Å².